The molecule has 0 amide bonds. The van der Waals surface area contributed by atoms with E-state index in [2.05, 4.69) is 0 Å². The molecule has 2 aliphatic heterocycles. The quantitative estimate of drug-likeness (QED) is 0.268. The summed E-state index contributed by atoms with van der Waals surface area (Å²) in [5, 5.41) is 68.8. The van der Waals surface area contributed by atoms with E-state index in [0.717, 1.165) is 0 Å². The van der Waals surface area contributed by atoms with Crippen LogP contribution in [0.4, 0.5) is 0 Å². The Kier molecular flexibility index (Phi) is 4.88. The second kappa shape index (κ2) is 6.03. The maximum atomic E-state index is 10.5. The summed E-state index contributed by atoms with van der Waals surface area (Å²) >= 11 is 0. The highest BCUT2D eigenvalue weighted by molar-refractivity contribution is 5.08. The Hall–Kier alpha value is -0.360. The maximum absolute atomic E-state index is 10.5. The van der Waals surface area contributed by atoms with Crippen LogP contribution in [0.3, 0.4) is 0 Å². The van der Waals surface area contributed by atoms with Gasteiger partial charge in [0.25, 0.3) is 0 Å². The monoisotopic (exact) mass is 310 g/mol. The van der Waals surface area contributed by atoms with E-state index in [-0.39, 0.29) is 0 Å². The molecule has 0 aliphatic carbocycles. The molecule has 0 bridgehead atoms. The van der Waals surface area contributed by atoms with E-state index >= 15 is 0 Å². The van der Waals surface area contributed by atoms with Crippen molar-refractivity contribution in [3.8, 4) is 0 Å². The predicted octanol–water partition coefficient (Wildman–Crippen LogP) is -4.30. The molecule has 21 heavy (non-hydrogen) atoms. The third-order valence-electron chi connectivity index (χ3n) is 4.27. The van der Waals surface area contributed by atoms with E-state index in [9.17, 15) is 30.6 Å². The summed E-state index contributed by atoms with van der Waals surface area (Å²) in [6.07, 6.45) is -11.4. The molecule has 7 N–H and O–H groups in total. The Morgan fingerprint density at radius 1 is 1.00 bits per heavy atom. The van der Waals surface area contributed by atoms with Gasteiger partial charge in [0.05, 0.1) is 19.3 Å². The summed E-state index contributed by atoms with van der Waals surface area (Å²) in [4.78, 5) is 0. The molecule has 9 nitrogen and oxygen atoms in total. The Morgan fingerprint density at radius 3 is 2.19 bits per heavy atom. The lowest BCUT2D eigenvalue weighted by molar-refractivity contribution is -0.319. The molecule has 2 rings (SSSR count). The predicted molar refractivity (Wildman–Crippen MR) is 66.1 cm³/mol. The molecule has 0 radical (unpaired) electrons. The van der Waals surface area contributed by atoms with Gasteiger partial charge in [-0.2, -0.15) is 0 Å². The zero-order chi connectivity index (χ0) is 15.9. The van der Waals surface area contributed by atoms with Gasteiger partial charge < -0.3 is 45.2 Å². The van der Waals surface area contributed by atoms with Crippen molar-refractivity contribution in [3.63, 3.8) is 0 Å². The van der Waals surface area contributed by atoms with Crippen LogP contribution < -0.4 is 0 Å². The van der Waals surface area contributed by atoms with Gasteiger partial charge in [0.15, 0.2) is 0 Å². The van der Waals surface area contributed by atoms with Gasteiger partial charge in [-0.1, -0.05) is 0 Å². The van der Waals surface area contributed by atoms with E-state index in [4.69, 9.17) is 14.6 Å². The highest BCUT2D eigenvalue weighted by Crippen LogP contribution is 2.35. The van der Waals surface area contributed by atoms with Crippen LogP contribution in [-0.2, 0) is 9.47 Å². The molecular formula is C12H22O9. The number of aliphatic hydroxyl groups is 7. The van der Waals surface area contributed by atoms with E-state index in [1.54, 1.807) is 0 Å². The number of ether oxygens (including phenoxy) is 2. The molecule has 9 heteroatoms. The van der Waals surface area contributed by atoms with Crippen LogP contribution in [0.2, 0.25) is 0 Å². The molecule has 0 spiro atoms. The van der Waals surface area contributed by atoms with E-state index in [1.807, 2.05) is 0 Å². The van der Waals surface area contributed by atoms with Crippen molar-refractivity contribution in [1.29, 1.82) is 0 Å². The largest absolute Gasteiger partial charge is 0.394 e. The van der Waals surface area contributed by atoms with Crippen LogP contribution in [0.15, 0.2) is 0 Å². The van der Waals surface area contributed by atoms with Crippen molar-refractivity contribution in [1.82, 2.24) is 0 Å². The zero-order valence-electron chi connectivity index (χ0n) is 11.5. The molecule has 2 saturated heterocycles. The second-order valence-electron chi connectivity index (χ2n) is 5.69. The normalized spacial score (nSPS) is 55.4. The van der Waals surface area contributed by atoms with E-state index in [1.165, 1.54) is 6.92 Å². The Balaban J connectivity index is 2.23. The van der Waals surface area contributed by atoms with Crippen LogP contribution in [0.5, 0.6) is 0 Å². The zero-order valence-corrected chi connectivity index (χ0v) is 11.5. The molecule has 2 heterocycles. The first-order valence-electron chi connectivity index (χ1n) is 6.74. The van der Waals surface area contributed by atoms with Gasteiger partial charge in [-0.25, -0.2) is 0 Å². The molecule has 9 atom stereocenters. The minimum absolute atomic E-state index is 0.520. The molecule has 0 aromatic carbocycles. The first kappa shape index (κ1) is 17.0. The Morgan fingerprint density at radius 2 is 1.62 bits per heavy atom. The summed E-state index contributed by atoms with van der Waals surface area (Å²) in [5.41, 5.74) is -2.19. The van der Waals surface area contributed by atoms with Gasteiger partial charge in [-0.15, -0.1) is 0 Å². The molecule has 0 aromatic heterocycles. The number of hydrogen-bond acceptors (Lipinski definition) is 9. The third-order valence-corrected chi connectivity index (χ3v) is 4.27. The van der Waals surface area contributed by atoms with Gasteiger partial charge in [0.2, 0.25) is 0 Å². The van der Waals surface area contributed by atoms with Crippen LogP contribution in [0.1, 0.15) is 6.92 Å². The van der Waals surface area contributed by atoms with Gasteiger partial charge in [0, 0.05) is 0 Å². The van der Waals surface area contributed by atoms with E-state index < -0.39 is 67.6 Å². The van der Waals surface area contributed by atoms with Crippen molar-refractivity contribution in [2.24, 2.45) is 0 Å². The van der Waals surface area contributed by atoms with Gasteiger partial charge in [-0.3, -0.25) is 0 Å². The third kappa shape index (κ3) is 2.69. The van der Waals surface area contributed by atoms with Crippen LogP contribution in [-0.4, -0.2) is 103 Å². The molecule has 0 aromatic rings. The summed E-state index contributed by atoms with van der Waals surface area (Å²) in [5.74, 6) is 0. The average molecular weight is 310 g/mol. The van der Waals surface area contributed by atoms with Gasteiger partial charge in [-0.05, 0) is 6.92 Å². The van der Waals surface area contributed by atoms with Crippen LogP contribution >= 0.6 is 0 Å². The Labute approximate surface area is 121 Å². The fourth-order valence-corrected chi connectivity index (χ4v) is 2.80. The lowest BCUT2D eigenvalue weighted by atomic mass is 9.78. The standard InChI is InChI=1S/C12H22O9/c1-4-6(14)8(16)9(17)11(21-4)12(19)3-20-5(2-13)7(15)10(12)18/h4-11,13-19H,2-3H2,1H3/t4-,5-,6-,7-,8+,9-,10+,11?,12+/m1/s1. The SMILES string of the molecule is C[C@H]1OC([C@]2(O)CO[C@H](CO)[C@@H](O)[C@@H]2O)[C@H](O)[C@@H](O)[C@@H]1O. The summed E-state index contributed by atoms with van der Waals surface area (Å²) in [6, 6.07) is 0. The van der Waals surface area contributed by atoms with Crippen molar-refractivity contribution in [2.75, 3.05) is 13.2 Å². The molecule has 2 fully saturated rings. The van der Waals surface area contributed by atoms with Gasteiger partial charge >= 0.3 is 0 Å². The van der Waals surface area contributed by atoms with E-state index in [0.29, 0.717) is 0 Å². The molecule has 1 unspecified atom stereocenters. The van der Waals surface area contributed by atoms with Crippen molar-refractivity contribution in [3.05, 3.63) is 0 Å². The lowest BCUT2D eigenvalue weighted by Crippen LogP contribution is -2.73. The number of hydrogen-bond donors (Lipinski definition) is 7. The molecular weight excluding hydrogens is 288 g/mol. The maximum Gasteiger partial charge on any atom is 0.145 e. The van der Waals surface area contributed by atoms with Gasteiger partial charge in [0.1, 0.15) is 48.3 Å². The number of rotatable bonds is 2. The smallest absolute Gasteiger partial charge is 0.145 e. The highest BCUT2D eigenvalue weighted by Gasteiger charge is 2.59. The fraction of sp³-hybridized carbons (Fsp3) is 1.00. The first-order valence-corrected chi connectivity index (χ1v) is 6.74. The first-order chi connectivity index (χ1) is 9.74. The summed E-state index contributed by atoms with van der Waals surface area (Å²) < 4.78 is 10.4. The van der Waals surface area contributed by atoms with Crippen molar-refractivity contribution >= 4 is 0 Å². The Bertz CT molecular complexity index is 367. The lowest BCUT2D eigenvalue weighted by Gasteiger charge is -2.51. The highest BCUT2D eigenvalue weighted by atomic mass is 16.6. The summed E-state index contributed by atoms with van der Waals surface area (Å²) in [7, 11) is 0. The van der Waals surface area contributed by atoms with Crippen LogP contribution in [0, 0.1) is 0 Å². The van der Waals surface area contributed by atoms with Crippen LogP contribution in [0.25, 0.3) is 0 Å². The molecule has 2 aliphatic rings. The average Bonchev–Trinajstić information content (AvgIpc) is 2.46. The topological polar surface area (TPSA) is 160 Å². The van der Waals surface area contributed by atoms with Crippen molar-refractivity contribution < 1.29 is 45.2 Å². The molecule has 0 saturated carbocycles. The summed E-state index contributed by atoms with van der Waals surface area (Å²) in [6.45, 7) is 0.354. The fourth-order valence-electron chi connectivity index (χ4n) is 2.80. The minimum Gasteiger partial charge on any atom is -0.394 e. The second-order valence-corrected chi connectivity index (χ2v) is 5.69. The number of aliphatic hydroxyl groups excluding tert-OH is 6. The molecule has 124 valence electrons. The van der Waals surface area contributed by atoms with Crippen molar-refractivity contribution in [2.45, 2.75) is 61.4 Å². The minimum atomic E-state index is -2.19.